The van der Waals surface area contributed by atoms with Gasteiger partial charge in [0.05, 0.1) is 11.3 Å². The summed E-state index contributed by atoms with van der Waals surface area (Å²) >= 11 is 0. The molecule has 0 amide bonds. The zero-order chi connectivity index (χ0) is 14.8. The third kappa shape index (κ3) is 2.63. The summed E-state index contributed by atoms with van der Waals surface area (Å²) in [7, 11) is 0. The summed E-state index contributed by atoms with van der Waals surface area (Å²) in [4.78, 5) is 20.5. The van der Waals surface area contributed by atoms with Gasteiger partial charge in [0, 0.05) is 6.20 Å². The molecule has 0 aliphatic rings. The Labute approximate surface area is 121 Å². The molecule has 2 heterocycles. The van der Waals surface area contributed by atoms with E-state index < -0.39 is 12.1 Å². The first kappa shape index (κ1) is 13.3. The number of hydrogen-bond acceptors (Lipinski definition) is 5. The molecule has 21 heavy (non-hydrogen) atoms. The van der Waals surface area contributed by atoms with E-state index in [0.717, 1.165) is 5.52 Å². The Morgan fingerprint density at radius 3 is 2.81 bits per heavy atom. The summed E-state index contributed by atoms with van der Waals surface area (Å²) < 4.78 is 11.0. The molecule has 0 fully saturated rings. The summed E-state index contributed by atoms with van der Waals surface area (Å²) in [6.45, 7) is 3.50. The SMILES string of the molecule is Cc1ncccc1C(=O)OC(C)c1nc2ccccc2o1. The quantitative estimate of drug-likeness (QED) is 0.688. The second kappa shape index (κ2) is 5.36. The molecule has 106 valence electrons. The molecule has 5 nitrogen and oxygen atoms in total. The van der Waals surface area contributed by atoms with E-state index in [1.54, 1.807) is 32.2 Å². The van der Waals surface area contributed by atoms with Crippen molar-refractivity contribution in [2.24, 2.45) is 0 Å². The standard InChI is InChI=1S/C16H14N2O3/c1-10-12(6-5-9-17-10)16(19)20-11(2)15-18-13-7-3-4-8-14(13)21-15/h3-9,11H,1-2H3. The molecule has 0 saturated heterocycles. The van der Waals surface area contributed by atoms with Crippen LogP contribution in [0.4, 0.5) is 0 Å². The van der Waals surface area contributed by atoms with Gasteiger partial charge in [-0.1, -0.05) is 12.1 Å². The first-order chi connectivity index (χ1) is 10.1. The van der Waals surface area contributed by atoms with Crippen LogP contribution >= 0.6 is 0 Å². The molecule has 5 heteroatoms. The molecule has 3 rings (SSSR count). The van der Waals surface area contributed by atoms with Crippen LogP contribution in [0.2, 0.25) is 0 Å². The van der Waals surface area contributed by atoms with Crippen LogP contribution < -0.4 is 0 Å². The lowest BCUT2D eigenvalue weighted by Crippen LogP contribution is -2.11. The highest BCUT2D eigenvalue weighted by molar-refractivity contribution is 5.90. The van der Waals surface area contributed by atoms with Gasteiger partial charge in [-0.2, -0.15) is 0 Å². The summed E-state index contributed by atoms with van der Waals surface area (Å²) in [6.07, 6.45) is 1.07. The van der Waals surface area contributed by atoms with Crippen LogP contribution in [-0.4, -0.2) is 15.9 Å². The van der Waals surface area contributed by atoms with Crippen molar-refractivity contribution in [3.05, 3.63) is 59.7 Å². The minimum atomic E-state index is -0.565. The fourth-order valence-electron chi connectivity index (χ4n) is 2.04. The fourth-order valence-corrected chi connectivity index (χ4v) is 2.04. The van der Waals surface area contributed by atoms with Crippen molar-refractivity contribution >= 4 is 17.1 Å². The van der Waals surface area contributed by atoms with Crippen molar-refractivity contribution in [1.29, 1.82) is 0 Å². The highest BCUT2D eigenvalue weighted by atomic mass is 16.6. The normalized spacial score (nSPS) is 12.3. The van der Waals surface area contributed by atoms with Crippen molar-refractivity contribution in [3.8, 4) is 0 Å². The minimum Gasteiger partial charge on any atom is -0.449 e. The number of carbonyl (C=O) groups is 1. The molecular formula is C16H14N2O3. The van der Waals surface area contributed by atoms with Gasteiger partial charge in [-0.25, -0.2) is 9.78 Å². The number of rotatable bonds is 3. The average Bonchev–Trinajstić information content (AvgIpc) is 2.91. The monoisotopic (exact) mass is 282 g/mol. The number of fused-ring (bicyclic) bond motifs is 1. The number of hydrogen-bond donors (Lipinski definition) is 0. The largest absolute Gasteiger partial charge is 0.449 e. The van der Waals surface area contributed by atoms with Gasteiger partial charge in [-0.3, -0.25) is 4.98 Å². The van der Waals surface area contributed by atoms with Gasteiger partial charge in [0.15, 0.2) is 11.7 Å². The van der Waals surface area contributed by atoms with Crippen LogP contribution in [0.5, 0.6) is 0 Å². The molecule has 1 aromatic carbocycles. The molecule has 1 unspecified atom stereocenters. The highest BCUT2D eigenvalue weighted by Crippen LogP contribution is 2.23. The summed E-state index contributed by atoms with van der Waals surface area (Å²) in [5.74, 6) is -0.0542. The maximum atomic E-state index is 12.1. The third-order valence-electron chi connectivity index (χ3n) is 3.17. The zero-order valence-corrected chi connectivity index (χ0v) is 11.7. The van der Waals surface area contributed by atoms with E-state index in [9.17, 15) is 4.79 Å². The first-order valence-corrected chi connectivity index (χ1v) is 6.63. The number of nitrogens with zero attached hydrogens (tertiary/aromatic N) is 2. The van der Waals surface area contributed by atoms with Crippen molar-refractivity contribution in [1.82, 2.24) is 9.97 Å². The van der Waals surface area contributed by atoms with Crippen LogP contribution in [0.3, 0.4) is 0 Å². The number of ether oxygens (including phenoxy) is 1. The topological polar surface area (TPSA) is 65.2 Å². The van der Waals surface area contributed by atoms with Gasteiger partial charge in [-0.15, -0.1) is 0 Å². The van der Waals surface area contributed by atoms with Gasteiger partial charge < -0.3 is 9.15 Å². The van der Waals surface area contributed by atoms with E-state index in [2.05, 4.69) is 9.97 Å². The average molecular weight is 282 g/mol. The number of benzene rings is 1. The second-order valence-corrected chi connectivity index (χ2v) is 4.70. The number of carbonyl (C=O) groups excluding carboxylic acids is 1. The Hall–Kier alpha value is -2.69. The number of oxazole rings is 1. The van der Waals surface area contributed by atoms with Crippen molar-refractivity contribution < 1.29 is 13.9 Å². The van der Waals surface area contributed by atoms with Gasteiger partial charge in [0.25, 0.3) is 0 Å². The number of aromatic nitrogens is 2. The van der Waals surface area contributed by atoms with Crippen molar-refractivity contribution in [2.45, 2.75) is 20.0 Å². The molecule has 0 saturated carbocycles. The molecule has 0 spiro atoms. The number of esters is 1. The van der Waals surface area contributed by atoms with Crippen molar-refractivity contribution in [3.63, 3.8) is 0 Å². The molecule has 3 aromatic rings. The number of para-hydroxylation sites is 2. The van der Waals surface area contributed by atoms with Crippen LogP contribution in [0, 0.1) is 6.92 Å². The van der Waals surface area contributed by atoms with E-state index in [1.165, 1.54) is 0 Å². The molecule has 0 N–H and O–H groups in total. The van der Waals surface area contributed by atoms with Gasteiger partial charge in [-0.05, 0) is 38.1 Å². The summed E-state index contributed by atoms with van der Waals surface area (Å²) in [5.41, 5.74) is 2.49. The van der Waals surface area contributed by atoms with Gasteiger partial charge >= 0.3 is 5.97 Å². The van der Waals surface area contributed by atoms with E-state index in [-0.39, 0.29) is 0 Å². The molecular weight excluding hydrogens is 268 g/mol. The van der Waals surface area contributed by atoms with Crippen LogP contribution in [0.1, 0.15) is 35.0 Å². The Morgan fingerprint density at radius 1 is 1.24 bits per heavy atom. The van der Waals surface area contributed by atoms with Crippen molar-refractivity contribution in [2.75, 3.05) is 0 Å². The minimum absolute atomic E-state index is 0.381. The molecule has 0 aliphatic carbocycles. The van der Waals surface area contributed by atoms with Crippen LogP contribution in [0.15, 0.2) is 47.0 Å². The van der Waals surface area contributed by atoms with Crippen LogP contribution in [0.25, 0.3) is 11.1 Å². The summed E-state index contributed by atoms with van der Waals surface area (Å²) in [6, 6.07) is 10.8. The Bertz CT molecular complexity index is 762. The van der Waals surface area contributed by atoms with Crippen LogP contribution in [-0.2, 0) is 4.74 Å². The van der Waals surface area contributed by atoms with E-state index in [1.807, 2.05) is 24.3 Å². The maximum Gasteiger partial charge on any atom is 0.340 e. The van der Waals surface area contributed by atoms with Gasteiger partial charge in [0.2, 0.25) is 5.89 Å². The van der Waals surface area contributed by atoms with Gasteiger partial charge in [0.1, 0.15) is 5.52 Å². The van der Waals surface area contributed by atoms with E-state index in [0.29, 0.717) is 22.7 Å². The second-order valence-electron chi connectivity index (χ2n) is 4.70. The molecule has 2 aromatic heterocycles. The third-order valence-corrected chi connectivity index (χ3v) is 3.17. The smallest absolute Gasteiger partial charge is 0.340 e. The summed E-state index contributed by atoms with van der Waals surface area (Å²) in [5, 5.41) is 0. The first-order valence-electron chi connectivity index (χ1n) is 6.63. The Morgan fingerprint density at radius 2 is 2.05 bits per heavy atom. The number of pyridine rings is 1. The molecule has 0 aliphatic heterocycles. The van der Waals surface area contributed by atoms with E-state index >= 15 is 0 Å². The lowest BCUT2D eigenvalue weighted by molar-refractivity contribution is 0.0281. The number of aryl methyl sites for hydroxylation is 1. The highest BCUT2D eigenvalue weighted by Gasteiger charge is 2.20. The predicted octanol–water partition coefficient (Wildman–Crippen LogP) is 3.45. The Kier molecular flexibility index (Phi) is 3.39. The Balaban J connectivity index is 1.81. The fraction of sp³-hybridized carbons (Fsp3) is 0.188. The predicted molar refractivity (Wildman–Crippen MR) is 76.8 cm³/mol. The van der Waals surface area contributed by atoms with E-state index in [4.69, 9.17) is 9.15 Å². The molecule has 0 radical (unpaired) electrons. The molecule has 0 bridgehead atoms. The zero-order valence-electron chi connectivity index (χ0n) is 11.7. The lowest BCUT2D eigenvalue weighted by Gasteiger charge is -2.10. The maximum absolute atomic E-state index is 12.1. The lowest BCUT2D eigenvalue weighted by atomic mass is 10.2. The molecule has 1 atom stereocenters.